The van der Waals surface area contributed by atoms with Crippen molar-refractivity contribution in [2.75, 3.05) is 13.2 Å². The van der Waals surface area contributed by atoms with Crippen LogP contribution in [0.1, 0.15) is 30.7 Å². The largest absolute Gasteiger partial charge is 0.494 e. The highest BCUT2D eigenvalue weighted by molar-refractivity contribution is 5.75. The molecule has 0 saturated heterocycles. The first-order valence-electron chi connectivity index (χ1n) is 9.58. The van der Waals surface area contributed by atoms with Gasteiger partial charge in [-0.15, -0.1) is 0 Å². The minimum atomic E-state index is 0.678. The molecule has 0 bridgehead atoms. The summed E-state index contributed by atoms with van der Waals surface area (Å²) < 4.78 is 8.16. The molecule has 1 heterocycles. The van der Waals surface area contributed by atoms with E-state index in [1.165, 1.54) is 11.1 Å². The molecule has 27 heavy (non-hydrogen) atoms. The molecular formula is C22H27N3O2. The molecule has 0 spiro atoms. The second-order valence-electron chi connectivity index (χ2n) is 6.72. The second kappa shape index (κ2) is 9.76. The summed E-state index contributed by atoms with van der Waals surface area (Å²) in [5.74, 6) is 2.02. The van der Waals surface area contributed by atoms with Crippen molar-refractivity contribution in [2.24, 2.45) is 0 Å². The lowest BCUT2D eigenvalue weighted by Gasteiger charge is -2.10. The molecule has 0 unspecified atom stereocenters. The monoisotopic (exact) mass is 365 g/mol. The Balaban J connectivity index is 1.55. The summed E-state index contributed by atoms with van der Waals surface area (Å²) in [5, 5.41) is 2.72. The molecule has 0 aliphatic carbocycles. The van der Waals surface area contributed by atoms with E-state index in [0.717, 1.165) is 55.7 Å². The Morgan fingerprint density at radius 1 is 1.11 bits per heavy atom. The standard InChI is InChI=1S/C22H27N3O2/c1-18-8-6-9-19(16-18)27-15-5-4-14-25-21-11-3-2-10-20(21)24-22(25)12-7-13-23-17-26/h2-3,6,8-11,16-17H,4-5,7,12-15H2,1H3,(H,23,26). The van der Waals surface area contributed by atoms with Gasteiger partial charge in [-0.25, -0.2) is 4.98 Å². The Morgan fingerprint density at radius 2 is 2.00 bits per heavy atom. The third-order valence-corrected chi connectivity index (χ3v) is 4.57. The van der Waals surface area contributed by atoms with Gasteiger partial charge in [-0.3, -0.25) is 4.79 Å². The van der Waals surface area contributed by atoms with Crippen LogP contribution in [0.15, 0.2) is 48.5 Å². The molecule has 3 rings (SSSR count). The molecule has 0 aliphatic rings. The average molecular weight is 365 g/mol. The van der Waals surface area contributed by atoms with Gasteiger partial charge in [0.05, 0.1) is 17.6 Å². The number of imidazole rings is 1. The van der Waals surface area contributed by atoms with Gasteiger partial charge in [0.15, 0.2) is 0 Å². The van der Waals surface area contributed by atoms with Crippen molar-refractivity contribution < 1.29 is 9.53 Å². The van der Waals surface area contributed by atoms with Crippen LogP contribution in [-0.2, 0) is 17.8 Å². The number of hydrogen-bond acceptors (Lipinski definition) is 3. The van der Waals surface area contributed by atoms with Gasteiger partial charge in [-0.2, -0.15) is 0 Å². The van der Waals surface area contributed by atoms with E-state index >= 15 is 0 Å². The van der Waals surface area contributed by atoms with Crippen LogP contribution in [-0.4, -0.2) is 29.1 Å². The van der Waals surface area contributed by atoms with Gasteiger partial charge in [-0.05, 0) is 56.0 Å². The van der Waals surface area contributed by atoms with Crippen LogP contribution in [0.5, 0.6) is 5.75 Å². The lowest BCUT2D eigenvalue weighted by atomic mass is 10.2. The number of carbonyl (C=O) groups excluding carboxylic acids is 1. The molecule has 2 aromatic carbocycles. The molecular weight excluding hydrogens is 338 g/mol. The van der Waals surface area contributed by atoms with E-state index in [9.17, 15) is 4.79 Å². The van der Waals surface area contributed by atoms with Crippen molar-refractivity contribution >= 4 is 17.4 Å². The third kappa shape index (κ3) is 5.33. The van der Waals surface area contributed by atoms with Gasteiger partial charge in [0.25, 0.3) is 0 Å². The Morgan fingerprint density at radius 3 is 2.85 bits per heavy atom. The number of benzene rings is 2. The predicted octanol–water partition coefficient (Wildman–Crippen LogP) is 3.88. The van der Waals surface area contributed by atoms with E-state index in [2.05, 4.69) is 47.1 Å². The fourth-order valence-electron chi connectivity index (χ4n) is 3.24. The van der Waals surface area contributed by atoms with E-state index in [0.29, 0.717) is 13.2 Å². The van der Waals surface area contributed by atoms with Crippen LogP contribution in [0, 0.1) is 6.92 Å². The van der Waals surface area contributed by atoms with E-state index in [1.807, 2.05) is 18.2 Å². The Labute approximate surface area is 160 Å². The molecule has 1 aromatic heterocycles. The number of aryl methyl sites for hydroxylation is 3. The van der Waals surface area contributed by atoms with Gasteiger partial charge in [0.1, 0.15) is 11.6 Å². The summed E-state index contributed by atoms with van der Waals surface area (Å²) in [6.45, 7) is 4.39. The molecule has 0 atom stereocenters. The number of aromatic nitrogens is 2. The molecule has 1 N–H and O–H groups in total. The molecule has 142 valence electrons. The number of para-hydroxylation sites is 2. The van der Waals surface area contributed by atoms with Crippen LogP contribution in [0.2, 0.25) is 0 Å². The lowest BCUT2D eigenvalue weighted by molar-refractivity contribution is -0.109. The fraction of sp³-hybridized carbons (Fsp3) is 0.364. The zero-order chi connectivity index (χ0) is 18.9. The first-order valence-corrected chi connectivity index (χ1v) is 9.58. The van der Waals surface area contributed by atoms with E-state index in [1.54, 1.807) is 0 Å². The molecule has 5 nitrogen and oxygen atoms in total. The number of amides is 1. The zero-order valence-electron chi connectivity index (χ0n) is 15.9. The maximum absolute atomic E-state index is 10.4. The number of fused-ring (bicyclic) bond motifs is 1. The Hall–Kier alpha value is -2.82. The minimum Gasteiger partial charge on any atom is -0.494 e. The van der Waals surface area contributed by atoms with Gasteiger partial charge < -0.3 is 14.6 Å². The predicted molar refractivity (Wildman–Crippen MR) is 108 cm³/mol. The van der Waals surface area contributed by atoms with Gasteiger partial charge in [-0.1, -0.05) is 24.3 Å². The number of carbonyl (C=O) groups is 1. The normalized spacial score (nSPS) is 10.9. The smallest absolute Gasteiger partial charge is 0.207 e. The van der Waals surface area contributed by atoms with Crippen molar-refractivity contribution in [3.05, 3.63) is 59.9 Å². The van der Waals surface area contributed by atoms with Gasteiger partial charge >= 0.3 is 0 Å². The second-order valence-corrected chi connectivity index (χ2v) is 6.72. The van der Waals surface area contributed by atoms with Crippen molar-refractivity contribution in [2.45, 2.75) is 39.2 Å². The van der Waals surface area contributed by atoms with Crippen LogP contribution in [0.25, 0.3) is 11.0 Å². The highest BCUT2D eigenvalue weighted by Crippen LogP contribution is 2.18. The van der Waals surface area contributed by atoms with Crippen LogP contribution < -0.4 is 10.1 Å². The van der Waals surface area contributed by atoms with Crippen molar-refractivity contribution in [3.8, 4) is 5.75 Å². The summed E-state index contributed by atoms with van der Waals surface area (Å²) in [6, 6.07) is 16.4. The number of hydrogen-bond donors (Lipinski definition) is 1. The zero-order valence-corrected chi connectivity index (χ0v) is 15.9. The summed E-state index contributed by atoms with van der Waals surface area (Å²) in [4.78, 5) is 15.2. The fourth-order valence-corrected chi connectivity index (χ4v) is 3.24. The first kappa shape index (κ1) is 19.0. The van der Waals surface area contributed by atoms with Crippen molar-refractivity contribution in [1.82, 2.24) is 14.9 Å². The van der Waals surface area contributed by atoms with Gasteiger partial charge in [0.2, 0.25) is 6.41 Å². The highest BCUT2D eigenvalue weighted by atomic mass is 16.5. The van der Waals surface area contributed by atoms with Crippen molar-refractivity contribution in [3.63, 3.8) is 0 Å². The summed E-state index contributed by atoms with van der Waals surface area (Å²) in [7, 11) is 0. The summed E-state index contributed by atoms with van der Waals surface area (Å²) in [6.07, 6.45) is 4.52. The minimum absolute atomic E-state index is 0.678. The average Bonchev–Trinajstić information content (AvgIpc) is 3.03. The number of nitrogens with one attached hydrogen (secondary N) is 1. The third-order valence-electron chi connectivity index (χ3n) is 4.57. The molecule has 1 amide bonds. The molecule has 5 heteroatoms. The van der Waals surface area contributed by atoms with Gasteiger partial charge in [0, 0.05) is 19.5 Å². The molecule has 0 radical (unpaired) electrons. The van der Waals surface area contributed by atoms with E-state index in [4.69, 9.17) is 9.72 Å². The highest BCUT2D eigenvalue weighted by Gasteiger charge is 2.09. The van der Waals surface area contributed by atoms with E-state index < -0.39 is 0 Å². The van der Waals surface area contributed by atoms with Crippen LogP contribution >= 0.6 is 0 Å². The Bertz CT molecular complexity index is 873. The maximum Gasteiger partial charge on any atom is 0.207 e. The maximum atomic E-state index is 10.4. The summed E-state index contributed by atoms with van der Waals surface area (Å²) in [5.41, 5.74) is 3.42. The van der Waals surface area contributed by atoms with Crippen molar-refractivity contribution in [1.29, 1.82) is 0 Å². The quantitative estimate of drug-likeness (QED) is 0.414. The molecule has 0 aliphatic heterocycles. The topological polar surface area (TPSA) is 56.1 Å². The van der Waals surface area contributed by atoms with Crippen LogP contribution in [0.3, 0.4) is 0 Å². The summed E-state index contributed by atoms with van der Waals surface area (Å²) >= 11 is 0. The van der Waals surface area contributed by atoms with E-state index in [-0.39, 0.29) is 0 Å². The molecule has 0 fully saturated rings. The van der Waals surface area contributed by atoms with Crippen LogP contribution in [0.4, 0.5) is 0 Å². The number of ether oxygens (including phenoxy) is 1. The number of rotatable bonds is 11. The number of unbranched alkanes of at least 4 members (excludes halogenated alkanes) is 1. The molecule has 0 saturated carbocycles. The molecule has 3 aromatic rings. The SMILES string of the molecule is Cc1cccc(OCCCCn2c(CCCNC=O)nc3ccccc32)c1. The first-order chi connectivity index (χ1) is 13.3. The number of nitrogens with zero attached hydrogens (tertiary/aromatic N) is 2. The Kier molecular flexibility index (Phi) is 6.85. The lowest BCUT2D eigenvalue weighted by Crippen LogP contribution is -2.14.